The molecule has 28 heavy (non-hydrogen) atoms. The van der Waals surface area contributed by atoms with E-state index in [-0.39, 0.29) is 23.0 Å². The number of nitrogens with zero attached hydrogens (tertiary/aromatic N) is 2. The van der Waals surface area contributed by atoms with Gasteiger partial charge in [-0.1, -0.05) is 32.4 Å². The van der Waals surface area contributed by atoms with E-state index in [9.17, 15) is 9.35 Å². The summed E-state index contributed by atoms with van der Waals surface area (Å²) in [6.07, 6.45) is 1.64. The predicted molar refractivity (Wildman–Crippen MR) is 112 cm³/mol. The molecular formula is C19H31ClN4O3S. The van der Waals surface area contributed by atoms with Gasteiger partial charge in [-0.3, -0.25) is 4.79 Å². The van der Waals surface area contributed by atoms with Crippen LogP contribution in [0.5, 0.6) is 0 Å². The molecule has 0 bridgehead atoms. The number of rotatable bonds is 5. The summed E-state index contributed by atoms with van der Waals surface area (Å²) in [5, 5.41) is 11.1. The van der Waals surface area contributed by atoms with E-state index in [1.165, 1.54) is 0 Å². The minimum Gasteiger partial charge on any atom is -0.598 e. The van der Waals surface area contributed by atoms with E-state index < -0.39 is 21.5 Å². The third-order valence-electron chi connectivity index (χ3n) is 4.56. The van der Waals surface area contributed by atoms with Gasteiger partial charge in [0.25, 0.3) is 0 Å². The molecule has 2 rings (SSSR count). The first kappa shape index (κ1) is 23.3. The Kier molecular flexibility index (Phi) is 7.72. The number of anilines is 1. The Balaban J connectivity index is 2.35. The van der Waals surface area contributed by atoms with E-state index in [0.717, 1.165) is 12.8 Å². The molecule has 0 spiro atoms. The number of halogens is 1. The van der Waals surface area contributed by atoms with Crippen LogP contribution in [0.2, 0.25) is 5.15 Å². The highest BCUT2D eigenvalue weighted by Gasteiger charge is 2.36. The van der Waals surface area contributed by atoms with Crippen LogP contribution in [0.15, 0.2) is 6.07 Å². The first-order valence-electron chi connectivity index (χ1n) is 9.50. The van der Waals surface area contributed by atoms with Crippen LogP contribution < -0.4 is 10.0 Å². The van der Waals surface area contributed by atoms with Crippen LogP contribution in [-0.4, -0.2) is 38.6 Å². The van der Waals surface area contributed by atoms with E-state index in [4.69, 9.17) is 16.3 Å². The highest BCUT2D eigenvalue weighted by molar-refractivity contribution is 7.90. The fourth-order valence-corrected chi connectivity index (χ4v) is 3.84. The molecule has 1 amide bonds. The maximum atomic E-state index is 12.8. The Labute approximate surface area is 175 Å². The standard InChI is InChI=1S/C19H31ClN4O3S/c1-18(2,3)17(25)21-14-11-13(16(20)23-22-14)15(12-7-9-27-10-8-12)24-28(26)19(4,5)6/h11-12,15,24H,7-10H2,1-6H3,(H,21,22,25)/t15-,28+/m1/s1. The van der Waals surface area contributed by atoms with Crippen molar-refractivity contribution in [2.75, 3.05) is 18.5 Å². The molecule has 2 heterocycles. The van der Waals surface area contributed by atoms with Gasteiger partial charge in [-0.25, -0.2) is 0 Å². The Bertz CT molecular complexity index is 685. The first-order valence-corrected chi connectivity index (χ1v) is 11.0. The Morgan fingerprint density at radius 2 is 1.86 bits per heavy atom. The molecule has 0 aromatic carbocycles. The van der Waals surface area contributed by atoms with Gasteiger partial charge in [0, 0.05) is 35.6 Å². The van der Waals surface area contributed by atoms with Gasteiger partial charge in [-0.05, 0) is 45.6 Å². The molecular weight excluding hydrogens is 400 g/mol. The van der Waals surface area contributed by atoms with Gasteiger partial charge in [-0.2, -0.15) is 0 Å². The highest BCUT2D eigenvalue weighted by atomic mass is 35.5. The number of hydrogen-bond donors (Lipinski definition) is 2. The second-order valence-electron chi connectivity index (χ2n) is 9.11. The zero-order valence-corrected chi connectivity index (χ0v) is 19.0. The Morgan fingerprint density at radius 1 is 1.25 bits per heavy atom. The molecule has 1 aliphatic heterocycles. The van der Waals surface area contributed by atoms with Gasteiger partial charge >= 0.3 is 0 Å². The molecule has 0 saturated carbocycles. The van der Waals surface area contributed by atoms with Crippen LogP contribution in [0, 0.1) is 11.3 Å². The van der Waals surface area contributed by atoms with E-state index in [0.29, 0.717) is 24.6 Å². The second-order valence-corrected chi connectivity index (χ2v) is 11.5. The summed E-state index contributed by atoms with van der Waals surface area (Å²) in [6, 6.07) is 1.45. The molecule has 0 unspecified atom stereocenters. The third-order valence-corrected chi connectivity index (χ3v) is 6.44. The predicted octanol–water partition coefficient (Wildman–Crippen LogP) is 3.63. The van der Waals surface area contributed by atoms with Gasteiger partial charge in [-0.15, -0.1) is 14.9 Å². The molecule has 1 saturated heterocycles. The smallest absolute Gasteiger partial charge is 0.230 e. The molecule has 0 radical (unpaired) electrons. The zero-order chi connectivity index (χ0) is 21.1. The summed E-state index contributed by atoms with van der Waals surface area (Å²) < 4.78 is 21.1. The van der Waals surface area contributed by atoms with Crippen LogP contribution in [0.3, 0.4) is 0 Å². The van der Waals surface area contributed by atoms with Gasteiger partial charge in [0.15, 0.2) is 11.0 Å². The number of amides is 1. The molecule has 9 heteroatoms. The molecule has 0 aliphatic carbocycles. The zero-order valence-electron chi connectivity index (χ0n) is 17.5. The average molecular weight is 431 g/mol. The lowest BCUT2D eigenvalue weighted by molar-refractivity contribution is -0.123. The fourth-order valence-electron chi connectivity index (χ4n) is 2.73. The molecule has 1 aromatic rings. The van der Waals surface area contributed by atoms with Gasteiger partial charge in [0.05, 0.1) is 6.04 Å². The normalized spacial score (nSPS) is 18.6. The molecule has 2 N–H and O–H groups in total. The summed E-state index contributed by atoms with van der Waals surface area (Å²) in [7, 11) is 0. The topological polar surface area (TPSA) is 99.2 Å². The minimum atomic E-state index is -1.29. The van der Waals surface area contributed by atoms with Crippen molar-refractivity contribution < 1.29 is 14.1 Å². The average Bonchev–Trinajstić information content (AvgIpc) is 2.60. The monoisotopic (exact) mass is 430 g/mol. The Hall–Kier alpha value is -0.930. The minimum absolute atomic E-state index is 0.163. The van der Waals surface area contributed by atoms with Gasteiger partial charge in [0.1, 0.15) is 4.75 Å². The van der Waals surface area contributed by atoms with Crippen LogP contribution in [0.25, 0.3) is 0 Å². The van der Waals surface area contributed by atoms with Crippen LogP contribution in [0.4, 0.5) is 5.82 Å². The van der Waals surface area contributed by atoms with E-state index in [2.05, 4.69) is 20.2 Å². The number of aromatic nitrogens is 2. The van der Waals surface area contributed by atoms with E-state index >= 15 is 0 Å². The molecule has 158 valence electrons. The maximum Gasteiger partial charge on any atom is 0.230 e. The lowest BCUT2D eigenvalue weighted by atomic mass is 9.88. The van der Waals surface area contributed by atoms with Gasteiger partial charge in [0.2, 0.25) is 5.91 Å². The molecule has 1 aliphatic rings. The molecule has 7 nitrogen and oxygen atoms in total. The Morgan fingerprint density at radius 3 is 2.39 bits per heavy atom. The quantitative estimate of drug-likeness (QED) is 0.692. The summed E-state index contributed by atoms with van der Waals surface area (Å²) >= 11 is 5.08. The lowest BCUT2D eigenvalue weighted by Crippen LogP contribution is -2.44. The largest absolute Gasteiger partial charge is 0.598 e. The van der Waals surface area contributed by atoms with Crippen molar-refractivity contribution in [2.45, 2.75) is 65.2 Å². The maximum absolute atomic E-state index is 12.8. The lowest BCUT2D eigenvalue weighted by Gasteiger charge is -2.34. The number of carbonyl (C=O) groups excluding carboxylic acids is 1. The third kappa shape index (κ3) is 6.29. The summed E-state index contributed by atoms with van der Waals surface area (Å²) in [4.78, 5) is 12.3. The van der Waals surface area contributed by atoms with Crippen LogP contribution >= 0.6 is 11.6 Å². The highest BCUT2D eigenvalue weighted by Crippen LogP contribution is 2.35. The van der Waals surface area contributed by atoms with E-state index in [1.807, 2.05) is 41.5 Å². The molecule has 1 aromatic heterocycles. The van der Waals surface area contributed by atoms with Crippen molar-refractivity contribution in [1.29, 1.82) is 0 Å². The van der Waals surface area contributed by atoms with Crippen molar-refractivity contribution in [3.8, 4) is 0 Å². The van der Waals surface area contributed by atoms with Crippen molar-refractivity contribution in [3.63, 3.8) is 0 Å². The van der Waals surface area contributed by atoms with Crippen molar-refractivity contribution >= 4 is 34.7 Å². The number of carbonyl (C=O) groups is 1. The van der Waals surface area contributed by atoms with Crippen LogP contribution in [-0.2, 0) is 20.9 Å². The summed E-state index contributed by atoms with van der Waals surface area (Å²) in [6.45, 7) is 12.5. The van der Waals surface area contributed by atoms with Crippen LogP contribution in [0.1, 0.15) is 66.0 Å². The SMILES string of the molecule is CC(C)(C)C(=O)Nc1cc([C@H](N[S@@+]([O-])C(C)(C)C)C2CCOCC2)c(Cl)nn1. The molecule has 1 fully saturated rings. The van der Waals surface area contributed by atoms with Crippen molar-refractivity contribution in [2.24, 2.45) is 11.3 Å². The van der Waals surface area contributed by atoms with Gasteiger partial charge < -0.3 is 14.6 Å². The summed E-state index contributed by atoms with van der Waals surface area (Å²) in [5.74, 6) is 0.358. The number of ether oxygens (including phenoxy) is 1. The number of nitrogens with one attached hydrogen (secondary N) is 2. The van der Waals surface area contributed by atoms with Crippen molar-refractivity contribution in [1.82, 2.24) is 14.9 Å². The summed E-state index contributed by atoms with van der Waals surface area (Å²) in [5.41, 5.74) is 0.124. The number of hydrogen-bond acceptors (Lipinski definition) is 6. The van der Waals surface area contributed by atoms with E-state index in [1.54, 1.807) is 6.07 Å². The fraction of sp³-hybridized carbons (Fsp3) is 0.737. The first-order chi connectivity index (χ1) is 12.9. The molecule has 2 atom stereocenters. The van der Waals surface area contributed by atoms with Crippen molar-refractivity contribution in [3.05, 3.63) is 16.8 Å². The second kappa shape index (κ2) is 9.26.